The molecule has 1 fully saturated rings. The maximum absolute atomic E-state index is 12.7. The average molecular weight is 299 g/mol. The van der Waals surface area contributed by atoms with Crippen LogP contribution in [0.4, 0.5) is 0 Å². The van der Waals surface area contributed by atoms with E-state index in [1.165, 1.54) is 28.6 Å². The van der Waals surface area contributed by atoms with Crippen molar-refractivity contribution in [3.8, 4) is 5.75 Å². The molecule has 0 aromatic heterocycles. The summed E-state index contributed by atoms with van der Waals surface area (Å²) in [7, 11) is -1.99. The molecule has 0 aliphatic heterocycles. The quantitative estimate of drug-likeness (QED) is 0.834. The van der Waals surface area contributed by atoms with Gasteiger partial charge in [0.05, 0.1) is 11.5 Å². The monoisotopic (exact) mass is 299 g/mol. The molecule has 1 aliphatic rings. The Hall–Kier alpha value is -1.11. The molecule has 0 heterocycles. The lowest BCUT2D eigenvalue weighted by Crippen LogP contribution is -2.41. The highest BCUT2D eigenvalue weighted by Gasteiger charge is 2.37. The van der Waals surface area contributed by atoms with E-state index in [0.717, 1.165) is 12.8 Å². The Morgan fingerprint density at radius 3 is 2.45 bits per heavy atom. The Bertz CT molecular complexity index is 537. The Labute approximate surface area is 120 Å². The highest BCUT2D eigenvalue weighted by atomic mass is 32.2. The van der Waals surface area contributed by atoms with Gasteiger partial charge in [0.2, 0.25) is 10.0 Å². The molecule has 2 rings (SSSR count). The molecule has 0 bridgehead atoms. The maximum atomic E-state index is 12.7. The SMILES string of the molecule is COCCN(C(C)C1CC1)S(=O)(=O)c1ccc(O)cc1. The maximum Gasteiger partial charge on any atom is 0.243 e. The molecule has 0 spiro atoms. The Kier molecular flexibility index (Phi) is 4.67. The minimum atomic E-state index is -3.55. The third-order valence-electron chi connectivity index (χ3n) is 3.72. The van der Waals surface area contributed by atoms with E-state index >= 15 is 0 Å². The van der Waals surface area contributed by atoms with Crippen LogP contribution < -0.4 is 0 Å². The largest absolute Gasteiger partial charge is 0.508 e. The van der Waals surface area contributed by atoms with Gasteiger partial charge in [0.15, 0.2) is 0 Å². The molecular formula is C14H21NO4S. The first-order chi connectivity index (χ1) is 9.46. The highest BCUT2D eigenvalue weighted by Crippen LogP contribution is 2.37. The van der Waals surface area contributed by atoms with Crippen molar-refractivity contribution in [3.63, 3.8) is 0 Å². The fourth-order valence-electron chi connectivity index (χ4n) is 2.29. The van der Waals surface area contributed by atoms with E-state index in [0.29, 0.717) is 19.1 Å². The van der Waals surface area contributed by atoms with Gasteiger partial charge >= 0.3 is 0 Å². The first kappa shape index (κ1) is 15.3. The number of aromatic hydroxyl groups is 1. The molecule has 1 aromatic rings. The molecule has 5 nitrogen and oxygen atoms in total. The Morgan fingerprint density at radius 2 is 1.95 bits per heavy atom. The van der Waals surface area contributed by atoms with Crippen molar-refractivity contribution < 1.29 is 18.3 Å². The number of sulfonamides is 1. The van der Waals surface area contributed by atoms with Gasteiger partial charge in [-0.15, -0.1) is 0 Å². The molecule has 0 saturated heterocycles. The van der Waals surface area contributed by atoms with Gasteiger partial charge in [-0.3, -0.25) is 0 Å². The number of phenolic OH excluding ortho intramolecular Hbond substituents is 1. The van der Waals surface area contributed by atoms with Crippen LogP contribution >= 0.6 is 0 Å². The van der Waals surface area contributed by atoms with Crippen LogP contribution in [0.3, 0.4) is 0 Å². The number of phenols is 1. The van der Waals surface area contributed by atoms with Gasteiger partial charge in [-0.25, -0.2) is 8.42 Å². The lowest BCUT2D eigenvalue weighted by Gasteiger charge is -2.28. The van der Waals surface area contributed by atoms with E-state index in [-0.39, 0.29) is 16.7 Å². The molecule has 1 aromatic carbocycles. The van der Waals surface area contributed by atoms with Crippen LogP contribution in [0.5, 0.6) is 5.75 Å². The molecule has 6 heteroatoms. The molecule has 0 amide bonds. The van der Waals surface area contributed by atoms with Crippen molar-refractivity contribution in [2.75, 3.05) is 20.3 Å². The van der Waals surface area contributed by atoms with Crippen molar-refractivity contribution in [2.45, 2.75) is 30.7 Å². The number of methoxy groups -OCH3 is 1. The molecule has 20 heavy (non-hydrogen) atoms. The second kappa shape index (κ2) is 6.11. The highest BCUT2D eigenvalue weighted by molar-refractivity contribution is 7.89. The van der Waals surface area contributed by atoms with Crippen molar-refractivity contribution >= 4 is 10.0 Å². The van der Waals surface area contributed by atoms with Crippen molar-refractivity contribution in [3.05, 3.63) is 24.3 Å². The Morgan fingerprint density at radius 1 is 1.35 bits per heavy atom. The normalized spacial score (nSPS) is 17.4. The summed E-state index contributed by atoms with van der Waals surface area (Å²) in [5.74, 6) is 0.501. The number of rotatable bonds is 7. The van der Waals surface area contributed by atoms with Crippen LogP contribution in [0.2, 0.25) is 0 Å². The van der Waals surface area contributed by atoms with Crippen molar-refractivity contribution in [2.24, 2.45) is 5.92 Å². The predicted octanol–water partition coefficient (Wildman–Crippen LogP) is 1.83. The molecule has 1 saturated carbocycles. The van der Waals surface area contributed by atoms with Gasteiger partial charge in [-0.05, 0) is 49.9 Å². The van der Waals surface area contributed by atoms with Crippen LogP contribution in [-0.2, 0) is 14.8 Å². The summed E-state index contributed by atoms with van der Waals surface area (Å²) in [6.07, 6.45) is 2.16. The summed E-state index contributed by atoms with van der Waals surface area (Å²) in [6, 6.07) is 5.63. The van der Waals surface area contributed by atoms with Gasteiger partial charge in [0.25, 0.3) is 0 Å². The van der Waals surface area contributed by atoms with Crippen molar-refractivity contribution in [1.82, 2.24) is 4.31 Å². The summed E-state index contributed by atoms with van der Waals surface area (Å²) in [4.78, 5) is 0.207. The van der Waals surface area contributed by atoms with Crippen LogP contribution in [0.25, 0.3) is 0 Å². The summed E-state index contributed by atoms with van der Waals surface area (Å²) in [6.45, 7) is 2.66. The number of benzene rings is 1. The minimum Gasteiger partial charge on any atom is -0.508 e. The minimum absolute atomic E-state index is 0.0241. The lowest BCUT2D eigenvalue weighted by molar-refractivity contribution is 0.164. The predicted molar refractivity (Wildman–Crippen MR) is 76.1 cm³/mol. The van der Waals surface area contributed by atoms with E-state index in [9.17, 15) is 13.5 Å². The standard InChI is InChI=1S/C14H21NO4S/c1-11(12-3-4-12)15(9-10-19-2)20(17,18)14-7-5-13(16)6-8-14/h5-8,11-12,16H,3-4,9-10H2,1-2H3. The van der Waals surface area contributed by atoms with Gasteiger partial charge in [-0.2, -0.15) is 4.31 Å². The third kappa shape index (κ3) is 3.31. The molecule has 0 radical (unpaired) electrons. The zero-order chi connectivity index (χ0) is 14.8. The summed E-state index contributed by atoms with van der Waals surface area (Å²) >= 11 is 0. The van der Waals surface area contributed by atoms with Gasteiger partial charge in [0, 0.05) is 19.7 Å². The average Bonchev–Trinajstić information content (AvgIpc) is 3.23. The number of hydrogen-bond acceptors (Lipinski definition) is 4. The second-order valence-corrected chi connectivity index (χ2v) is 7.07. The first-order valence-corrected chi connectivity index (χ1v) is 8.20. The zero-order valence-corrected chi connectivity index (χ0v) is 12.6. The van der Waals surface area contributed by atoms with E-state index in [2.05, 4.69) is 0 Å². The number of hydrogen-bond donors (Lipinski definition) is 1. The van der Waals surface area contributed by atoms with Crippen LogP contribution in [0.1, 0.15) is 19.8 Å². The van der Waals surface area contributed by atoms with Gasteiger partial charge < -0.3 is 9.84 Å². The second-order valence-electron chi connectivity index (χ2n) is 5.18. The fraction of sp³-hybridized carbons (Fsp3) is 0.571. The molecule has 1 unspecified atom stereocenters. The first-order valence-electron chi connectivity index (χ1n) is 6.76. The summed E-state index contributed by atoms with van der Waals surface area (Å²) in [5, 5.41) is 9.28. The summed E-state index contributed by atoms with van der Waals surface area (Å²) in [5.41, 5.74) is 0. The number of nitrogens with zero attached hydrogens (tertiary/aromatic N) is 1. The van der Waals surface area contributed by atoms with E-state index in [4.69, 9.17) is 4.74 Å². The van der Waals surface area contributed by atoms with Crippen LogP contribution in [0, 0.1) is 5.92 Å². The van der Waals surface area contributed by atoms with Crippen molar-refractivity contribution in [1.29, 1.82) is 0 Å². The molecule has 112 valence electrons. The summed E-state index contributed by atoms with van der Waals surface area (Å²) < 4.78 is 32.0. The molecular weight excluding hydrogens is 278 g/mol. The lowest BCUT2D eigenvalue weighted by atomic mass is 10.2. The smallest absolute Gasteiger partial charge is 0.243 e. The van der Waals surface area contributed by atoms with E-state index < -0.39 is 10.0 Å². The molecule has 1 atom stereocenters. The third-order valence-corrected chi connectivity index (χ3v) is 5.72. The van der Waals surface area contributed by atoms with Crippen LogP contribution in [-0.4, -0.2) is 44.1 Å². The number of ether oxygens (including phenoxy) is 1. The molecule has 1 N–H and O–H groups in total. The fourth-order valence-corrected chi connectivity index (χ4v) is 3.97. The van der Waals surface area contributed by atoms with Crippen LogP contribution in [0.15, 0.2) is 29.2 Å². The topological polar surface area (TPSA) is 66.8 Å². The zero-order valence-electron chi connectivity index (χ0n) is 11.8. The Balaban J connectivity index is 2.27. The van der Waals surface area contributed by atoms with E-state index in [1.807, 2.05) is 6.92 Å². The van der Waals surface area contributed by atoms with Gasteiger partial charge in [-0.1, -0.05) is 0 Å². The van der Waals surface area contributed by atoms with Gasteiger partial charge in [0.1, 0.15) is 5.75 Å². The van der Waals surface area contributed by atoms with E-state index in [1.54, 1.807) is 7.11 Å². The molecule has 1 aliphatic carbocycles.